The third-order valence-electron chi connectivity index (χ3n) is 5.06. The molecule has 3 aromatic rings. The molecule has 1 fully saturated rings. The Labute approximate surface area is 157 Å². The van der Waals surface area contributed by atoms with E-state index < -0.39 is 0 Å². The van der Waals surface area contributed by atoms with E-state index in [1.807, 2.05) is 42.5 Å². The van der Waals surface area contributed by atoms with Gasteiger partial charge in [-0.3, -0.25) is 5.10 Å². The molecule has 0 saturated heterocycles. The molecule has 1 aliphatic carbocycles. The van der Waals surface area contributed by atoms with E-state index in [9.17, 15) is 4.79 Å². The van der Waals surface area contributed by atoms with Gasteiger partial charge in [0, 0.05) is 16.1 Å². The third-order valence-corrected chi connectivity index (χ3v) is 5.30. The van der Waals surface area contributed by atoms with Crippen LogP contribution in [0.5, 0.6) is 0 Å². The monoisotopic (exact) mass is 368 g/mol. The van der Waals surface area contributed by atoms with Gasteiger partial charge in [-0.1, -0.05) is 36.6 Å². The van der Waals surface area contributed by atoms with Crippen LogP contribution in [0, 0.1) is 5.92 Å². The number of nitrogens with zero attached hydrogens (tertiary/aromatic N) is 1. The number of aromatic nitrogens is 2. The Bertz CT molecular complexity index is 917. The van der Waals surface area contributed by atoms with Crippen molar-refractivity contribution in [3.05, 3.63) is 59.2 Å². The lowest BCUT2D eigenvalue weighted by Gasteiger charge is -2.25. The number of hydrogen-bond acceptors (Lipinski definition) is 2. The summed E-state index contributed by atoms with van der Waals surface area (Å²) < 4.78 is 0. The summed E-state index contributed by atoms with van der Waals surface area (Å²) in [6.45, 7) is 0. The van der Waals surface area contributed by atoms with Gasteiger partial charge in [0.2, 0.25) is 0 Å². The molecule has 1 saturated carbocycles. The van der Waals surface area contributed by atoms with Crippen molar-refractivity contribution in [2.45, 2.75) is 31.7 Å². The first-order chi connectivity index (χ1) is 12.7. The minimum absolute atomic E-state index is 0.0335. The van der Waals surface area contributed by atoms with E-state index in [0.29, 0.717) is 10.9 Å². The molecule has 0 bridgehead atoms. The minimum Gasteiger partial charge on any atom is -0.331 e. The van der Waals surface area contributed by atoms with Crippen LogP contribution in [0.3, 0.4) is 0 Å². The molecule has 0 spiro atoms. The first kappa shape index (κ1) is 16.9. The Morgan fingerprint density at radius 1 is 1.19 bits per heavy atom. The average molecular weight is 369 g/mol. The fourth-order valence-corrected chi connectivity index (χ4v) is 3.99. The fourth-order valence-electron chi connectivity index (χ4n) is 3.79. The number of rotatable bonds is 4. The normalized spacial score (nSPS) is 15.9. The van der Waals surface area contributed by atoms with Crippen molar-refractivity contribution in [2.75, 3.05) is 5.32 Å². The fraction of sp³-hybridized carbons (Fsp3) is 0.300. The second-order valence-corrected chi connectivity index (χ2v) is 7.28. The number of H-pyrrole nitrogens is 1. The molecule has 1 aromatic heterocycles. The van der Waals surface area contributed by atoms with Crippen LogP contribution in [0.15, 0.2) is 48.7 Å². The molecule has 1 atom stereocenters. The molecule has 5 nitrogen and oxygen atoms in total. The number of amides is 2. The highest BCUT2D eigenvalue weighted by atomic mass is 35.5. The summed E-state index contributed by atoms with van der Waals surface area (Å²) in [5.41, 5.74) is 2.75. The Morgan fingerprint density at radius 3 is 2.85 bits per heavy atom. The number of hydrogen-bond donors (Lipinski definition) is 3. The second kappa shape index (κ2) is 7.38. The average Bonchev–Trinajstić information content (AvgIpc) is 3.31. The van der Waals surface area contributed by atoms with Crippen molar-refractivity contribution < 1.29 is 4.79 Å². The van der Waals surface area contributed by atoms with Crippen molar-refractivity contribution >= 4 is 34.2 Å². The predicted molar refractivity (Wildman–Crippen MR) is 104 cm³/mol. The largest absolute Gasteiger partial charge is 0.331 e. The van der Waals surface area contributed by atoms with Crippen molar-refractivity contribution in [2.24, 2.45) is 5.92 Å². The predicted octanol–water partition coefficient (Wildman–Crippen LogP) is 5.27. The van der Waals surface area contributed by atoms with E-state index in [1.54, 1.807) is 6.20 Å². The van der Waals surface area contributed by atoms with Crippen LogP contribution in [0.2, 0.25) is 5.02 Å². The van der Waals surface area contributed by atoms with Crippen LogP contribution in [0.25, 0.3) is 10.9 Å². The zero-order chi connectivity index (χ0) is 17.9. The zero-order valence-corrected chi connectivity index (χ0v) is 15.1. The summed E-state index contributed by atoms with van der Waals surface area (Å²) in [5, 5.41) is 14.7. The van der Waals surface area contributed by atoms with Crippen LogP contribution < -0.4 is 10.6 Å². The van der Waals surface area contributed by atoms with Gasteiger partial charge in [0.15, 0.2) is 0 Å². The van der Waals surface area contributed by atoms with E-state index in [4.69, 9.17) is 11.6 Å². The van der Waals surface area contributed by atoms with Crippen LogP contribution in [0.1, 0.15) is 37.3 Å². The van der Waals surface area contributed by atoms with Gasteiger partial charge >= 0.3 is 6.03 Å². The van der Waals surface area contributed by atoms with Crippen molar-refractivity contribution in [3.8, 4) is 0 Å². The molecule has 26 heavy (non-hydrogen) atoms. The smallest absolute Gasteiger partial charge is 0.319 e. The van der Waals surface area contributed by atoms with Crippen LogP contribution in [-0.4, -0.2) is 16.2 Å². The Morgan fingerprint density at radius 2 is 2.04 bits per heavy atom. The van der Waals surface area contributed by atoms with Gasteiger partial charge in [-0.25, -0.2) is 4.79 Å². The van der Waals surface area contributed by atoms with Gasteiger partial charge in [0.05, 0.1) is 17.8 Å². The van der Waals surface area contributed by atoms with Gasteiger partial charge in [-0.05, 0) is 54.7 Å². The van der Waals surface area contributed by atoms with Crippen molar-refractivity contribution in [3.63, 3.8) is 0 Å². The molecule has 6 heteroatoms. The standard InChI is InChI=1S/C20H21ClN4O/c21-16-7-3-6-14(10-16)19(13-4-1-2-5-13)24-20(26)23-17-8-9-18-15(11-17)12-22-25-18/h3,6-13,19H,1-2,4-5H2,(H,22,25)(H2,23,24,26). The maximum atomic E-state index is 12.6. The summed E-state index contributed by atoms with van der Waals surface area (Å²) in [6, 6.07) is 13.2. The van der Waals surface area contributed by atoms with Gasteiger partial charge in [0.1, 0.15) is 0 Å². The Kier molecular flexibility index (Phi) is 4.80. The number of nitrogens with one attached hydrogen (secondary N) is 3. The van der Waals surface area contributed by atoms with Crippen molar-refractivity contribution in [1.82, 2.24) is 15.5 Å². The molecule has 0 aliphatic heterocycles. The maximum Gasteiger partial charge on any atom is 0.319 e. The number of carbonyl (C=O) groups excluding carboxylic acids is 1. The Hall–Kier alpha value is -2.53. The molecule has 2 amide bonds. The number of anilines is 1. The quantitative estimate of drug-likeness (QED) is 0.587. The number of carbonyl (C=O) groups is 1. The highest BCUT2D eigenvalue weighted by Gasteiger charge is 2.28. The summed E-state index contributed by atoms with van der Waals surface area (Å²) in [4.78, 5) is 12.6. The van der Waals surface area contributed by atoms with Crippen LogP contribution in [-0.2, 0) is 0 Å². The number of urea groups is 1. The molecule has 1 unspecified atom stereocenters. The van der Waals surface area contributed by atoms with E-state index in [2.05, 4.69) is 20.8 Å². The lowest BCUT2D eigenvalue weighted by Crippen LogP contribution is -2.35. The topological polar surface area (TPSA) is 69.8 Å². The highest BCUT2D eigenvalue weighted by molar-refractivity contribution is 6.30. The molecule has 2 aromatic carbocycles. The molecular weight excluding hydrogens is 348 g/mol. The molecule has 0 radical (unpaired) electrons. The minimum atomic E-state index is -0.204. The van der Waals surface area contributed by atoms with E-state index in [0.717, 1.165) is 35.0 Å². The number of fused-ring (bicyclic) bond motifs is 1. The number of halogens is 1. The lowest BCUT2D eigenvalue weighted by atomic mass is 9.92. The molecule has 3 N–H and O–H groups in total. The van der Waals surface area contributed by atoms with Crippen LogP contribution in [0.4, 0.5) is 10.5 Å². The number of benzene rings is 2. The summed E-state index contributed by atoms with van der Waals surface area (Å²) in [7, 11) is 0. The molecule has 4 rings (SSSR count). The third kappa shape index (κ3) is 3.68. The SMILES string of the molecule is O=C(Nc1ccc2[nH]ncc2c1)NC(c1cccc(Cl)c1)C1CCCC1. The molecule has 134 valence electrons. The zero-order valence-electron chi connectivity index (χ0n) is 14.3. The maximum absolute atomic E-state index is 12.6. The van der Waals surface area contributed by atoms with Crippen LogP contribution >= 0.6 is 11.6 Å². The summed E-state index contributed by atoms with van der Waals surface area (Å²) in [5.74, 6) is 0.440. The molecule has 1 heterocycles. The molecular formula is C20H21ClN4O. The van der Waals surface area contributed by atoms with E-state index in [-0.39, 0.29) is 12.1 Å². The van der Waals surface area contributed by atoms with Gasteiger partial charge < -0.3 is 10.6 Å². The van der Waals surface area contributed by atoms with E-state index in [1.165, 1.54) is 12.8 Å². The van der Waals surface area contributed by atoms with Crippen molar-refractivity contribution in [1.29, 1.82) is 0 Å². The Balaban J connectivity index is 1.51. The van der Waals surface area contributed by atoms with Gasteiger partial charge in [0.25, 0.3) is 0 Å². The van der Waals surface area contributed by atoms with Gasteiger partial charge in [-0.15, -0.1) is 0 Å². The lowest BCUT2D eigenvalue weighted by molar-refractivity contribution is 0.242. The summed E-state index contributed by atoms with van der Waals surface area (Å²) >= 11 is 6.17. The van der Waals surface area contributed by atoms with Gasteiger partial charge in [-0.2, -0.15) is 5.10 Å². The molecule has 1 aliphatic rings. The second-order valence-electron chi connectivity index (χ2n) is 6.85. The highest BCUT2D eigenvalue weighted by Crippen LogP contribution is 2.36. The first-order valence-corrected chi connectivity index (χ1v) is 9.33. The van der Waals surface area contributed by atoms with E-state index >= 15 is 0 Å². The number of aromatic amines is 1. The first-order valence-electron chi connectivity index (χ1n) is 8.95. The summed E-state index contributed by atoms with van der Waals surface area (Å²) in [6.07, 6.45) is 6.41.